The van der Waals surface area contributed by atoms with Gasteiger partial charge in [-0.2, -0.15) is 5.10 Å². The number of carbonyl (C=O) groups excluding carboxylic acids is 1. The van der Waals surface area contributed by atoms with Crippen molar-refractivity contribution in [3.05, 3.63) is 70.8 Å². The number of hydrogen-bond acceptors (Lipinski definition) is 2. The minimum Gasteiger partial charge on any atom is -0.267 e. The van der Waals surface area contributed by atoms with Crippen LogP contribution in [0.15, 0.2) is 53.6 Å². The lowest BCUT2D eigenvalue weighted by atomic mass is 9.90. The van der Waals surface area contributed by atoms with Crippen LogP contribution < -0.4 is 5.43 Å². The van der Waals surface area contributed by atoms with Crippen molar-refractivity contribution in [3.63, 3.8) is 0 Å². The van der Waals surface area contributed by atoms with Crippen molar-refractivity contribution in [1.82, 2.24) is 5.43 Å². The van der Waals surface area contributed by atoms with Gasteiger partial charge in [-0.1, -0.05) is 30.3 Å². The molecule has 3 rings (SSSR count). The minimum absolute atomic E-state index is 0.182. The van der Waals surface area contributed by atoms with Crippen LogP contribution in [0.25, 0.3) is 0 Å². The van der Waals surface area contributed by atoms with Gasteiger partial charge in [0.15, 0.2) is 0 Å². The van der Waals surface area contributed by atoms with Crippen molar-refractivity contribution < 1.29 is 4.79 Å². The number of carbonyl (C=O) groups is 1. The summed E-state index contributed by atoms with van der Waals surface area (Å²) >= 11 is 0. The van der Waals surface area contributed by atoms with Crippen LogP contribution in [-0.4, -0.2) is 11.6 Å². The summed E-state index contributed by atoms with van der Waals surface area (Å²) < 4.78 is 0. The molecule has 1 amide bonds. The van der Waals surface area contributed by atoms with Crippen molar-refractivity contribution in [2.75, 3.05) is 0 Å². The molecule has 0 fully saturated rings. The van der Waals surface area contributed by atoms with E-state index < -0.39 is 0 Å². The summed E-state index contributed by atoms with van der Waals surface area (Å²) in [7, 11) is 0. The molecule has 1 aliphatic carbocycles. The summed E-state index contributed by atoms with van der Waals surface area (Å²) in [6, 6.07) is 15.6. The van der Waals surface area contributed by atoms with E-state index in [-0.39, 0.29) is 5.91 Å². The highest BCUT2D eigenvalue weighted by Gasteiger charge is 2.10. The molecule has 0 bridgehead atoms. The third-order valence-corrected chi connectivity index (χ3v) is 4.13. The quantitative estimate of drug-likeness (QED) is 0.680. The maximum Gasteiger partial charge on any atom is 0.271 e. The lowest BCUT2D eigenvalue weighted by Gasteiger charge is -2.16. The normalized spacial score (nSPS) is 14.3. The van der Waals surface area contributed by atoms with E-state index in [2.05, 4.69) is 28.7 Å². The number of benzene rings is 2. The Morgan fingerprint density at radius 1 is 0.955 bits per heavy atom. The van der Waals surface area contributed by atoms with Gasteiger partial charge in [0.25, 0.3) is 5.91 Å². The lowest BCUT2D eigenvalue weighted by molar-refractivity contribution is 0.0955. The van der Waals surface area contributed by atoms with Gasteiger partial charge in [-0.05, 0) is 67.5 Å². The first kappa shape index (κ1) is 14.5. The second-order valence-electron chi connectivity index (χ2n) is 5.69. The highest BCUT2D eigenvalue weighted by Crippen LogP contribution is 2.22. The Kier molecular flexibility index (Phi) is 4.33. The van der Waals surface area contributed by atoms with Crippen LogP contribution in [-0.2, 0) is 12.8 Å². The molecule has 1 aliphatic rings. The zero-order valence-corrected chi connectivity index (χ0v) is 12.8. The summed E-state index contributed by atoms with van der Waals surface area (Å²) in [5, 5.41) is 4.24. The average molecular weight is 292 g/mol. The molecule has 112 valence electrons. The third kappa shape index (κ3) is 3.25. The fourth-order valence-corrected chi connectivity index (χ4v) is 2.81. The highest BCUT2D eigenvalue weighted by molar-refractivity contribution is 6.01. The number of aryl methyl sites for hydroxylation is 2. The molecule has 2 aromatic rings. The smallest absolute Gasteiger partial charge is 0.267 e. The zero-order valence-electron chi connectivity index (χ0n) is 12.8. The lowest BCUT2D eigenvalue weighted by Crippen LogP contribution is -2.19. The van der Waals surface area contributed by atoms with Gasteiger partial charge < -0.3 is 0 Å². The van der Waals surface area contributed by atoms with Crippen LogP contribution in [0, 0.1) is 0 Å². The fraction of sp³-hybridized carbons (Fsp3) is 0.263. The molecule has 1 N–H and O–H groups in total. The molecule has 0 radical (unpaired) electrons. The number of amides is 1. The minimum atomic E-state index is -0.182. The van der Waals surface area contributed by atoms with E-state index in [1.165, 1.54) is 30.4 Å². The molecule has 0 aromatic heterocycles. The van der Waals surface area contributed by atoms with E-state index in [1.54, 1.807) is 12.1 Å². The Morgan fingerprint density at radius 2 is 1.68 bits per heavy atom. The van der Waals surface area contributed by atoms with E-state index in [0.29, 0.717) is 5.56 Å². The molecular weight excluding hydrogens is 272 g/mol. The van der Waals surface area contributed by atoms with Gasteiger partial charge >= 0.3 is 0 Å². The van der Waals surface area contributed by atoms with Crippen LogP contribution in [0.2, 0.25) is 0 Å². The molecule has 0 aliphatic heterocycles. The number of nitrogens with one attached hydrogen (secondary N) is 1. The Hall–Kier alpha value is -2.42. The first-order valence-electron chi connectivity index (χ1n) is 7.76. The largest absolute Gasteiger partial charge is 0.271 e. The maximum absolute atomic E-state index is 12.0. The van der Waals surface area contributed by atoms with E-state index >= 15 is 0 Å². The molecule has 2 aromatic carbocycles. The number of rotatable bonds is 3. The van der Waals surface area contributed by atoms with Gasteiger partial charge in [0.1, 0.15) is 0 Å². The second-order valence-corrected chi connectivity index (χ2v) is 5.69. The average Bonchev–Trinajstić information content (AvgIpc) is 2.59. The Balaban J connectivity index is 1.73. The zero-order chi connectivity index (χ0) is 15.4. The van der Waals surface area contributed by atoms with Crippen LogP contribution in [0.3, 0.4) is 0 Å². The van der Waals surface area contributed by atoms with E-state index in [4.69, 9.17) is 0 Å². The Bertz CT molecular complexity index is 705. The summed E-state index contributed by atoms with van der Waals surface area (Å²) in [5.74, 6) is -0.182. The van der Waals surface area contributed by atoms with Crippen molar-refractivity contribution in [2.45, 2.75) is 32.6 Å². The molecule has 0 spiro atoms. The van der Waals surface area contributed by atoms with Gasteiger partial charge in [-0.25, -0.2) is 5.43 Å². The molecule has 22 heavy (non-hydrogen) atoms. The number of hydrazone groups is 1. The monoisotopic (exact) mass is 292 g/mol. The maximum atomic E-state index is 12.0. The predicted octanol–water partition coefficient (Wildman–Crippen LogP) is 3.72. The van der Waals surface area contributed by atoms with Crippen LogP contribution in [0.1, 0.15) is 46.8 Å². The van der Waals surface area contributed by atoms with Crippen molar-refractivity contribution in [2.24, 2.45) is 5.10 Å². The summed E-state index contributed by atoms with van der Waals surface area (Å²) in [4.78, 5) is 12.0. The summed E-state index contributed by atoms with van der Waals surface area (Å²) in [6.07, 6.45) is 4.87. The molecule has 0 unspecified atom stereocenters. The second kappa shape index (κ2) is 6.56. The van der Waals surface area contributed by atoms with Crippen molar-refractivity contribution >= 4 is 11.6 Å². The van der Waals surface area contributed by atoms with E-state index in [9.17, 15) is 4.79 Å². The number of fused-ring (bicyclic) bond motifs is 1. The third-order valence-electron chi connectivity index (χ3n) is 4.13. The van der Waals surface area contributed by atoms with Crippen LogP contribution in [0.5, 0.6) is 0 Å². The first-order valence-corrected chi connectivity index (χ1v) is 7.76. The Labute approximate surface area is 131 Å². The van der Waals surface area contributed by atoms with Crippen LogP contribution in [0.4, 0.5) is 0 Å². The topological polar surface area (TPSA) is 41.5 Å². The number of nitrogens with zero attached hydrogens (tertiary/aromatic N) is 1. The van der Waals surface area contributed by atoms with Crippen molar-refractivity contribution in [3.8, 4) is 0 Å². The summed E-state index contributed by atoms with van der Waals surface area (Å²) in [5.41, 5.74) is 8.03. The Morgan fingerprint density at radius 3 is 2.45 bits per heavy atom. The molecule has 0 saturated carbocycles. The van der Waals surface area contributed by atoms with Crippen molar-refractivity contribution in [1.29, 1.82) is 0 Å². The van der Waals surface area contributed by atoms with Gasteiger partial charge in [-0.3, -0.25) is 4.79 Å². The highest BCUT2D eigenvalue weighted by atomic mass is 16.2. The first-order chi connectivity index (χ1) is 10.7. The van der Waals surface area contributed by atoms with Gasteiger partial charge in [0.2, 0.25) is 0 Å². The molecule has 0 heterocycles. The predicted molar refractivity (Wildman–Crippen MR) is 89.2 cm³/mol. The standard InChI is InChI=1S/C19H20N2O/c1-14(20-21-19(22)16-8-3-2-4-9-16)17-12-11-15-7-5-6-10-18(15)13-17/h2-4,8-9,11-13H,5-7,10H2,1H3,(H,21,22)/b20-14-. The molecule has 3 heteroatoms. The molecular formula is C19H20N2O. The van der Waals surface area contributed by atoms with Gasteiger partial charge in [0, 0.05) is 5.56 Å². The fourth-order valence-electron chi connectivity index (χ4n) is 2.81. The molecule has 0 saturated heterocycles. The molecule has 3 nitrogen and oxygen atoms in total. The van der Waals surface area contributed by atoms with E-state index in [1.807, 2.05) is 25.1 Å². The van der Waals surface area contributed by atoms with Gasteiger partial charge in [0.05, 0.1) is 5.71 Å². The van der Waals surface area contributed by atoms with Gasteiger partial charge in [-0.15, -0.1) is 0 Å². The SMILES string of the molecule is C/C(=N/NC(=O)c1ccccc1)c1ccc2c(c1)CCCC2. The van der Waals surface area contributed by atoms with E-state index in [0.717, 1.165) is 17.7 Å². The number of hydrogen-bond donors (Lipinski definition) is 1. The van der Waals surface area contributed by atoms with Crippen LogP contribution >= 0.6 is 0 Å². The molecule has 0 atom stereocenters. The summed E-state index contributed by atoms with van der Waals surface area (Å²) in [6.45, 7) is 1.93.